The molecule has 0 atom stereocenters. The number of hydrogen-bond donors (Lipinski definition) is 1. The summed E-state index contributed by atoms with van der Waals surface area (Å²) in [7, 11) is 0. The highest BCUT2D eigenvalue weighted by molar-refractivity contribution is 5.66. The van der Waals surface area contributed by atoms with E-state index in [-0.39, 0.29) is 0 Å². The van der Waals surface area contributed by atoms with Gasteiger partial charge >= 0.3 is 0 Å². The molecule has 0 radical (unpaired) electrons. The predicted molar refractivity (Wildman–Crippen MR) is 76.9 cm³/mol. The smallest absolute Gasteiger partial charge is 0.0645 e. The monoisotopic (exact) mass is 249 g/mol. The van der Waals surface area contributed by atoms with Crippen LogP contribution in [-0.4, -0.2) is 9.78 Å². The minimum absolute atomic E-state index is 0.534. The number of nitrogens with zero attached hydrogens (tertiary/aromatic N) is 2. The van der Waals surface area contributed by atoms with Crippen molar-refractivity contribution >= 4 is 0 Å². The maximum absolute atomic E-state index is 5.78. The van der Waals surface area contributed by atoms with Gasteiger partial charge in [0.25, 0.3) is 0 Å². The van der Waals surface area contributed by atoms with Crippen molar-refractivity contribution in [2.24, 2.45) is 5.73 Å². The van der Waals surface area contributed by atoms with Gasteiger partial charge in [0.15, 0.2) is 0 Å². The van der Waals surface area contributed by atoms with Gasteiger partial charge in [-0.15, -0.1) is 0 Å². The number of aromatic nitrogens is 2. The van der Waals surface area contributed by atoms with Gasteiger partial charge in [-0.1, -0.05) is 42.5 Å². The molecule has 0 amide bonds. The number of para-hydroxylation sites is 1. The van der Waals surface area contributed by atoms with Gasteiger partial charge in [0.05, 0.1) is 11.9 Å². The van der Waals surface area contributed by atoms with E-state index in [0.717, 1.165) is 22.4 Å². The van der Waals surface area contributed by atoms with Gasteiger partial charge in [-0.3, -0.25) is 0 Å². The first-order valence-electron chi connectivity index (χ1n) is 6.27. The summed E-state index contributed by atoms with van der Waals surface area (Å²) >= 11 is 0. The molecule has 0 aliphatic rings. The summed E-state index contributed by atoms with van der Waals surface area (Å²) in [5.74, 6) is 0. The molecular weight excluding hydrogens is 234 g/mol. The predicted octanol–water partition coefficient (Wildman–Crippen LogP) is 3.00. The maximum Gasteiger partial charge on any atom is 0.0645 e. The summed E-state index contributed by atoms with van der Waals surface area (Å²) in [6, 6.07) is 18.2. The molecule has 2 N–H and O–H groups in total. The molecule has 1 heterocycles. The third-order valence-corrected chi connectivity index (χ3v) is 3.15. The van der Waals surface area contributed by atoms with E-state index < -0.39 is 0 Å². The molecular formula is C16H15N3. The first-order valence-corrected chi connectivity index (χ1v) is 6.27. The summed E-state index contributed by atoms with van der Waals surface area (Å²) in [6.45, 7) is 0.534. The normalized spacial score (nSPS) is 10.6. The topological polar surface area (TPSA) is 43.8 Å². The highest BCUT2D eigenvalue weighted by atomic mass is 15.3. The molecule has 3 heteroatoms. The fourth-order valence-corrected chi connectivity index (χ4v) is 2.16. The zero-order valence-electron chi connectivity index (χ0n) is 10.5. The number of nitrogens with two attached hydrogens (primary N) is 1. The zero-order chi connectivity index (χ0) is 13.1. The van der Waals surface area contributed by atoms with E-state index >= 15 is 0 Å². The van der Waals surface area contributed by atoms with Gasteiger partial charge in [0.1, 0.15) is 0 Å². The van der Waals surface area contributed by atoms with Gasteiger partial charge < -0.3 is 5.73 Å². The Hall–Kier alpha value is -2.39. The fraction of sp³-hybridized carbons (Fsp3) is 0.0625. The summed E-state index contributed by atoms with van der Waals surface area (Å²) in [4.78, 5) is 0. The van der Waals surface area contributed by atoms with Gasteiger partial charge in [0, 0.05) is 18.3 Å². The van der Waals surface area contributed by atoms with E-state index in [4.69, 9.17) is 5.73 Å². The molecule has 94 valence electrons. The lowest BCUT2D eigenvalue weighted by atomic mass is 10.0. The van der Waals surface area contributed by atoms with Crippen molar-refractivity contribution in [1.29, 1.82) is 0 Å². The van der Waals surface area contributed by atoms with Crippen LogP contribution in [0.4, 0.5) is 0 Å². The average Bonchev–Trinajstić information content (AvgIpc) is 2.98. The largest absolute Gasteiger partial charge is 0.326 e. The molecule has 0 spiro atoms. The summed E-state index contributed by atoms with van der Waals surface area (Å²) < 4.78 is 1.88. The van der Waals surface area contributed by atoms with Crippen LogP contribution in [0.3, 0.4) is 0 Å². The number of rotatable bonds is 3. The van der Waals surface area contributed by atoms with E-state index in [2.05, 4.69) is 17.2 Å². The van der Waals surface area contributed by atoms with Gasteiger partial charge in [0.2, 0.25) is 0 Å². The van der Waals surface area contributed by atoms with Gasteiger partial charge in [-0.2, -0.15) is 5.10 Å². The van der Waals surface area contributed by atoms with Crippen LogP contribution < -0.4 is 5.73 Å². The lowest BCUT2D eigenvalue weighted by molar-refractivity contribution is 0.881. The fourth-order valence-electron chi connectivity index (χ4n) is 2.16. The first-order chi connectivity index (χ1) is 9.38. The first kappa shape index (κ1) is 11.7. The average molecular weight is 249 g/mol. The van der Waals surface area contributed by atoms with E-state index in [1.807, 2.05) is 59.5 Å². The van der Waals surface area contributed by atoms with E-state index in [1.165, 1.54) is 0 Å². The third kappa shape index (κ3) is 2.28. The molecule has 0 aliphatic carbocycles. The Morgan fingerprint density at radius 1 is 0.947 bits per heavy atom. The van der Waals surface area contributed by atoms with Crippen LogP contribution in [0.5, 0.6) is 0 Å². The molecule has 3 nitrogen and oxygen atoms in total. The third-order valence-electron chi connectivity index (χ3n) is 3.15. The van der Waals surface area contributed by atoms with Crippen molar-refractivity contribution in [3.05, 3.63) is 72.6 Å². The minimum Gasteiger partial charge on any atom is -0.326 e. The maximum atomic E-state index is 5.78. The second-order valence-electron chi connectivity index (χ2n) is 4.37. The molecule has 0 unspecified atom stereocenters. The van der Waals surface area contributed by atoms with Crippen molar-refractivity contribution in [3.63, 3.8) is 0 Å². The van der Waals surface area contributed by atoms with Crippen molar-refractivity contribution in [2.45, 2.75) is 6.54 Å². The lowest BCUT2D eigenvalue weighted by Gasteiger charge is -2.04. The van der Waals surface area contributed by atoms with Crippen LogP contribution in [0.2, 0.25) is 0 Å². The summed E-state index contributed by atoms with van der Waals surface area (Å²) in [6.07, 6.45) is 3.91. The Morgan fingerprint density at radius 2 is 1.68 bits per heavy atom. The Kier molecular flexibility index (Phi) is 3.12. The van der Waals surface area contributed by atoms with Crippen molar-refractivity contribution in [2.75, 3.05) is 0 Å². The number of benzene rings is 2. The van der Waals surface area contributed by atoms with Crippen molar-refractivity contribution < 1.29 is 0 Å². The second kappa shape index (κ2) is 5.08. The number of hydrogen-bond acceptors (Lipinski definition) is 2. The minimum atomic E-state index is 0.534. The molecule has 3 aromatic rings. The van der Waals surface area contributed by atoms with Crippen LogP contribution in [-0.2, 0) is 6.54 Å². The van der Waals surface area contributed by atoms with Crippen LogP contribution in [0.15, 0.2) is 67.0 Å². The highest BCUT2D eigenvalue weighted by Gasteiger charge is 2.06. The summed E-state index contributed by atoms with van der Waals surface area (Å²) in [5, 5.41) is 4.41. The summed E-state index contributed by atoms with van der Waals surface area (Å²) in [5.41, 5.74) is 10.2. The lowest BCUT2D eigenvalue weighted by Crippen LogP contribution is -1.98. The Morgan fingerprint density at radius 3 is 2.47 bits per heavy atom. The zero-order valence-corrected chi connectivity index (χ0v) is 10.5. The van der Waals surface area contributed by atoms with Crippen molar-refractivity contribution in [1.82, 2.24) is 9.78 Å². The molecule has 0 fully saturated rings. The molecule has 0 saturated carbocycles. The molecule has 19 heavy (non-hydrogen) atoms. The van der Waals surface area contributed by atoms with E-state index in [0.29, 0.717) is 6.54 Å². The van der Waals surface area contributed by atoms with Crippen LogP contribution in [0.25, 0.3) is 16.8 Å². The molecule has 0 saturated heterocycles. The molecule has 0 bridgehead atoms. The molecule has 1 aromatic heterocycles. The van der Waals surface area contributed by atoms with E-state index in [9.17, 15) is 0 Å². The SMILES string of the molecule is NCc1ccccc1-c1cnn(-c2ccccc2)c1. The Bertz CT molecular complexity index is 671. The van der Waals surface area contributed by atoms with Gasteiger partial charge in [-0.05, 0) is 23.3 Å². The highest BCUT2D eigenvalue weighted by Crippen LogP contribution is 2.23. The molecule has 0 aliphatic heterocycles. The Balaban J connectivity index is 2.02. The second-order valence-corrected chi connectivity index (χ2v) is 4.37. The van der Waals surface area contributed by atoms with Crippen LogP contribution in [0, 0.1) is 0 Å². The molecule has 2 aromatic carbocycles. The molecule has 3 rings (SSSR count). The van der Waals surface area contributed by atoms with Gasteiger partial charge in [-0.25, -0.2) is 4.68 Å². The Labute approximate surface area is 112 Å². The van der Waals surface area contributed by atoms with Crippen molar-refractivity contribution in [3.8, 4) is 16.8 Å². The van der Waals surface area contributed by atoms with E-state index in [1.54, 1.807) is 0 Å². The van der Waals surface area contributed by atoms with Crippen LogP contribution in [0.1, 0.15) is 5.56 Å². The quantitative estimate of drug-likeness (QED) is 0.775. The standard InChI is InChI=1S/C16H15N3/c17-10-13-6-4-5-9-16(13)14-11-18-19(12-14)15-7-2-1-3-8-15/h1-9,11-12H,10,17H2. The van der Waals surface area contributed by atoms with Crippen LogP contribution >= 0.6 is 0 Å².